The molecule has 0 saturated carbocycles. The highest BCUT2D eigenvalue weighted by atomic mass is 16.5. The van der Waals surface area contributed by atoms with Gasteiger partial charge in [-0.15, -0.1) is 0 Å². The number of hydrogen-bond donors (Lipinski definition) is 1. The van der Waals surface area contributed by atoms with Crippen LogP contribution in [0.3, 0.4) is 0 Å². The number of carbonyl (C=O) groups excluding carboxylic acids is 1. The summed E-state index contributed by atoms with van der Waals surface area (Å²) < 4.78 is 5.20. The van der Waals surface area contributed by atoms with E-state index in [9.17, 15) is 9.90 Å². The molecule has 1 aromatic carbocycles. The topological polar surface area (TPSA) is 46.5 Å². The molecule has 0 saturated heterocycles. The zero-order valence-electron chi connectivity index (χ0n) is 12.1. The van der Waals surface area contributed by atoms with Crippen molar-refractivity contribution in [3.63, 3.8) is 0 Å². The Kier molecular flexibility index (Phi) is 6.57. The molecule has 1 rings (SSSR count). The fraction of sp³-hybridized carbons (Fsp3) is 0.562. The first-order valence-electron chi connectivity index (χ1n) is 7.05. The molecule has 3 nitrogen and oxygen atoms in total. The number of aryl methyl sites for hydroxylation is 1. The predicted octanol–water partition coefficient (Wildman–Crippen LogP) is 3.79. The number of hydrogen-bond acceptors (Lipinski definition) is 3. The maximum Gasteiger partial charge on any atom is 0.338 e. The third-order valence-corrected chi connectivity index (χ3v) is 3.15. The van der Waals surface area contributed by atoms with E-state index in [2.05, 4.69) is 6.92 Å². The lowest BCUT2D eigenvalue weighted by Crippen LogP contribution is -2.09. The molecule has 0 radical (unpaired) electrons. The van der Waals surface area contributed by atoms with E-state index in [0.29, 0.717) is 12.2 Å². The molecule has 1 atom stereocenters. The fourth-order valence-electron chi connectivity index (χ4n) is 1.95. The van der Waals surface area contributed by atoms with Crippen molar-refractivity contribution in [2.24, 2.45) is 0 Å². The highest BCUT2D eigenvalue weighted by molar-refractivity contribution is 5.91. The van der Waals surface area contributed by atoms with Crippen LogP contribution in [-0.2, 0) is 4.74 Å². The van der Waals surface area contributed by atoms with Gasteiger partial charge in [-0.25, -0.2) is 4.79 Å². The Morgan fingerprint density at radius 2 is 2.05 bits per heavy atom. The van der Waals surface area contributed by atoms with Crippen LogP contribution in [0.25, 0.3) is 0 Å². The van der Waals surface area contributed by atoms with Crippen LogP contribution in [0.5, 0.6) is 0 Å². The molecule has 106 valence electrons. The lowest BCUT2D eigenvalue weighted by atomic mass is 9.99. The Hall–Kier alpha value is -1.35. The fourth-order valence-corrected chi connectivity index (χ4v) is 1.95. The average Bonchev–Trinajstić information content (AvgIpc) is 2.39. The van der Waals surface area contributed by atoms with E-state index in [0.717, 1.165) is 36.8 Å². The molecule has 19 heavy (non-hydrogen) atoms. The van der Waals surface area contributed by atoms with Crippen LogP contribution in [0.15, 0.2) is 18.2 Å². The molecule has 0 aliphatic rings. The van der Waals surface area contributed by atoms with E-state index in [4.69, 9.17) is 4.74 Å². The predicted molar refractivity (Wildman–Crippen MR) is 76.2 cm³/mol. The Labute approximate surface area is 115 Å². The quantitative estimate of drug-likeness (QED) is 0.602. The third kappa shape index (κ3) is 4.67. The number of aliphatic hydroxyl groups excluding tert-OH is 1. The van der Waals surface area contributed by atoms with Crippen LogP contribution >= 0.6 is 0 Å². The van der Waals surface area contributed by atoms with Gasteiger partial charge in [-0.1, -0.05) is 38.8 Å². The number of ether oxygens (including phenoxy) is 1. The normalized spacial score (nSPS) is 12.2. The third-order valence-electron chi connectivity index (χ3n) is 3.15. The summed E-state index contributed by atoms with van der Waals surface area (Å²) in [7, 11) is 0. The van der Waals surface area contributed by atoms with Gasteiger partial charge >= 0.3 is 5.97 Å². The first-order valence-corrected chi connectivity index (χ1v) is 7.05. The summed E-state index contributed by atoms with van der Waals surface area (Å²) in [5.74, 6) is -0.275. The molecule has 1 N–H and O–H groups in total. The maximum absolute atomic E-state index is 11.9. The number of esters is 1. The van der Waals surface area contributed by atoms with Gasteiger partial charge in [0.25, 0.3) is 0 Å². The zero-order valence-corrected chi connectivity index (χ0v) is 12.1. The summed E-state index contributed by atoms with van der Waals surface area (Å²) in [5, 5.41) is 9.93. The van der Waals surface area contributed by atoms with E-state index >= 15 is 0 Å². The van der Waals surface area contributed by atoms with Crippen molar-refractivity contribution in [1.82, 2.24) is 0 Å². The lowest BCUT2D eigenvalue weighted by molar-refractivity contribution is 0.0498. The van der Waals surface area contributed by atoms with Gasteiger partial charge in [-0.05, 0) is 37.0 Å². The van der Waals surface area contributed by atoms with Crippen LogP contribution in [0.4, 0.5) is 0 Å². The number of carbonyl (C=O) groups is 1. The van der Waals surface area contributed by atoms with Gasteiger partial charge in [0.15, 0.2) is 0 Å². The minimum atomic E-state index is -0.450. The molecule has 0 heterocycles. The minimum Gasteiger partial charge on any atom is -0.462 e. The molecule has 1 aromatic rings. The molecule has 0 bridgehead atoms. The molecule has 0 aromatic heterocycles. The second-order valence-corrected chi connectivity index (χ2v) is 4.87. The van der Waals surface area contributed by atoms with Crippen LogP contribution in [0.2, 0.25) is 0 Å². The van der Waals surface area contributed by atoms with Gasteiger partial charge in [0, 0.05) is 0 Å². The summed E-state index contributed by atoms with van der Waals surface area (Å²) >= 11 is 0. The van der Waals surface area contributed by atoms with Gasteiger partial charge in [-0.3, -0.25) is 0 Å². The van der Waals surface area contributed by atoms with Crippen molar-refractivity contribution in [1.29, 1.82) is 0 Å². The molecular formula is C16H24O3. The molecule has 1 unspecified atom stereocenters. The molecule has 0 aliphatic heterocycles. The molecule has 0 amide bonds. The van der Waals surface area contributed by atoms with E-state index in [1.807, 2.05) is 26.0 Å². The smallest absolute Gasteiger partial charge is 0.338 e. The van der Waals surface area contributed by atoms with E-state index < -0.39 is 6.10 Å². The maximum atomic E-state index is 11.9. The number of rotatable bonds is 7. The van der Waals surface area contributed by atoms with Crippen molar-refractivity contribution < 1.29 is 14.6 Å². The Balaban J connectivity index is 2.73. The zero-order chi connectivity index (χ0) is 14.3. The van der Waals surface area contributed by atoms with Crippen LogP contribution in [0, 0.1) is 6.92 Å². The van der Waals surface area contributed by atoms with Crippen molar-refractivity contribution in [3.05, 3.63) is 34.9 Å². The Morgan fingerprint density at radius 1 is 1.32 bits per heavy atom. The van der Waals surface area contributed by atoms with Crippen LogP contribution in [0.1, 0.15) is 67.1 Å². The first kappa shape index (κ1) is 15.7. The van der Waals surface area contributed by atoms with E-state index in [-0.39, 0.29) is 5.97 Å². The summed E-state index contributed by atoms with van der Waals surface area (Å²) in [6.45, 7) is 6.44. The summed E-state index contributed by atoms with van der Waals surface area (Å²) in [6, 6.07) is 5.43. The average molecular weight is 264 g/mol. The van der Waals surface area contributed by atoms with Gasteiger partial charge in [0.1, 0.15) is 0 Å². The van der Waals surface area contributed by atoms with Gasteiger partial charge in [-0.2, -0.15) is 0 Å². The summed E-state index contributed by atoms with van der Waals surface area (Å²) in [6.07, 6.45) is 3.11. The highest BCUT2D eigenvalue weighted by Gasteiger charge is 2.13. The van der Waals surface area contributed by atoms with Crippen molar-refractivity contribution >= 4 is 5.97 Å². The molecule has 3 heteroatoms. The monoisotopic (exact) mass is 264 g/mol. The van der Waals surface area contributed by atoms with Gasteiger partial charge < -0.3 is 9.84 Å². The molecular weight excluding hydrogens is 240 g/mol. The largest absolute Gasteiger partial charge is 0.462 e. The lowest BCUT2D eigenvalue weighted by Gasteiger charge is -2.12. The first-order chi connectivity index (χ1) is 9.10. The molecule has 0 spiro atoms. The van der Waals surface area contributed by atoms with Crippen LogP contribution in [-0.4, -0.2) is 17.7 Å². The number of aliphatic hydroxyl groups is 1. The molecule has 0 aliphatic carbocycles. The number of benzene rings is 1. The summed E-state index contributed by atoms with van der Waals surface area (Å²) in [5.41, 5.74) is 2.31. The second kappa shape index (κ2) is 7.95. The standard InChI is InChI=1S/C16H24O3/c1-4-6-10-19-16(18)14-9-8-13(11-12(14)3)15(17)7-5-2/h8-9,11,15,17H,4-7,10H2,1-3H3. The SMILES string of the molecule is CCCCOC(=O)c1ccc(C(O)CCC)cc1C. The molecule has 0 fully saturated rings. The highest BCUT2D eigenvalue weighted by Crippen LogP contribution is 2.21. The second-order valence-electron chi connectivity index (χ2n) is 4.87. The summed E-state index contributed by atoms with van der Waals surface area (Å²) in [4.78, 5) is 11.9. The minimum absolute atomic E-state index is 0.275. The van der Waals surface area contributed by atoms with Gasteiger partial charge in [0.2, 0.25) is 0 Å². The van der Waals surface area contributed by atoms with E-state index in [1.54, 1.807) is 6.07 Å². The van der Waals surface area contributed by atoms with Crippen molar-refractivity contribution in [3.8, 4) is 0 Å². The van der Waals surface area contributed by atoms with E-state index in [1.165, 1.54) is 0 Å². The van der Waals surface area contributed by atoms with Crippen LogP contribution < -0.4 is 0 Å². The number of unbranched alkanes of at least 4 members (excludes halogenated alkanes) is 1. The van der Waals surface area contributed by atoms with Crippen molar-refractivity contribution in [2.45, 2.75) is 52.6 Å². The Morgan fingerprint density at radius 3 is 2.63 bits per heavy atom. The van der Waals surface area contributed by atoms with Crippen molar-refractivity contribution in [2.75, 3.05) is 6.61 Å². The van der Waals surface area contributed by atoms with Gasteiger partial charge in [0.05, 0.1) is 18.3 Å². The Bertz CT molecular complexity index is 412.